The summed E-state index contributed by atoms with van der Waals surface area (Å²) in [7, 11) is 0. The quantitative estimate of drug-likeness (QED) is 0.548. The Balaban J connectivity index is 1.60. The molecule has 21 heavy (non-hydrogen) atoms. The van der Waals surface area contributed by atoms with Gasteiger partial charge in [-0.05, 0) is 29.8 Å². The van der Waals surface area contributed by atoms with Crippen molar-refractivity contribution < 1.29 is 0 Å². The number of nitrogens with one attached hydrogen (secondary N) is 2. The van der Waals surface area contributed by atoms with Crippen LogP contribution in [-0.4, -0.2) is 6.98 Å². The van der Waals surface area contributed by atoms with E-state index in [0.29, 0.717) is 6.98 Å². The minimum atomic E-state index is 0.365. The SMILES string of the molecule is CC(C)CCCCCB1Nc2cccc3cccc(c23)N1. The van der Waals surface area contributed by atoms with Crippen LogP contribution in [-0.2, 0) is 0 Å². The molecule has 0 unspecified atom stereocenters. The largest absolute Gasteiger partial charge is 0.409 e. The van der Waals surface area contributed by atoms with Crippen molar-refractivity contribution in [3.63, 3.8) is 0 Å². The van der Waals surface area contributed by atoms with Gasteiger partial charge in [-0.15, -0.1) is 0 Å². The van der Waals surface area contributed by atoms with Crippen LogP contribution < -0.4 is 10.5 Å². The molecule has 0 radical (unpaired) electrons. The van der Waals surface area contributed by atoms with E-state index < -0.39 is 0 Å². The summed E-state index contributed by atoms with van der Waals surface area (Å²) in [5.74, 6) is 0.834. The summed E-state index contributed by atoms with van der Waals surface area (Å²) >= 11 is 0. The highest BCUT2D eigenvalue weighted by Gasteiger charge is 2.22. The molecule has 1 aliphatic rings. The molecule has 2 aromatic rings. The first-order valence-electron chi connectivity index (χ1n) is 8.29. The fraction of sp³-hybridized carbons (Fsp3) is 0.444. The Bertz CT molecular complexity index is 568. The maximum Gasteiger partial charge on any atom is 0.370 e. The van der Waals surface area contributed by atoms with Crippen LogP contribution in [0.25, 0.3) is 10.8 Å². The van der Waals surface area contributed by atoms with Gasteiger partial charge in [-0.25, -0.2) is 0 Å². The lowest BCUT2D eigenvalue weighted by Gasteiger charge is -2.26. The van der Waals surface area contributed by atoms with Gasteiger partial charge in [0.15, 0.2) is 0 Å². The molecule has 1 aliphatic heterocycles. The summed E-state index contributed by atoms with van der Waals surface area (Å²) in [6.07, 6.45) is 6.52. The van der Waals surface area contributed by atoms with Crippen molar-refractivity contribution in [2.45, 2.75) is 45.9 Å². The molecule has 0 amide bonds. The fourth-order valence-corrected chi connectivity index (χ4v) is 3.22. The Labute approximate surface area is 128 Å². The van der Waals surface area contributed by atoms with Gasteiger partial charge in [-0.2, -0.15) is 0 Å². The predicted molar refractivity (Wildman–Crippen MR) is 95.1 cm³/mol. The molecule has 2 aromatic carbocycles. The van der Waals surface area contributed by atoms with Gasteiger partial charge in [-0.1, -0.05) is 63.8 Å². The maximum absolute atomic E-state index is 3.65. The topological polar surface area (TPSA) is 24.1 Å². The number of anilines is 2. The summed E-state index contributed by atoms with van der Waals surface area (Å²) in [4.78, 5) is 0. The van der Waals surface area contributed by atoms with E-state index in [4.69, 9.17) is 0 Å². The molecule has 0 fully saturated rings. The van der Waals surface area contributed by atoms with Crippen molar-refractivity contribution >= 4 is 29.1 Å². The van der Waals surface area contributed by atoms with Gasteiger partial charge in [-0.3, -0.25) is 0 Å². The van der Waals surface area contributed by atoms with Gasteiger partial charge in [0.05, 0.1) is 0 Å². The number of hydrogen-bond acceptors (Lipinski definition) is 2. The number of benzene rings is 2. The number of unbranched alkanes of at least 4 members (excludes halogenated alkanes) is 2. The lowest BCUT2D eigenvalue weighted by molar-refractivity contribution is 0.534. The van der Waals surface area contributed by atoms with Gasteiger partial charge >= 0.3 is 6.98 Å². The van der Waals surface area contributed by atoms with Crippen LogP contribution in [0.15, 0.2) is 36.4 Å². The Kier molecular flexibility index (Phi) is 4.38. The number of rotatable bonds is 6. The van der Waals surface area contributed by atoms with E-state index in [0.717, 1.165) is 5.92 Å². The van der Waals surface area contributed by atoms with E-state index in [9.17, 15) is 0 Å². The molecule has 1 heterocycles. The van der Waals surface area contributed by atoms with Gasteiger partial charge in [0.1, 0.15) is 0 Å². The van der Waals surface area contributed by atoms with E-state index in [2.05, 4.69) is 60.7 Å². The average Bonchev–Trinajstić information content (AvgIpc) is 2.47. The van der Waals surface area contributed by atoms with Crippen molar-refractivity contribution in [2.24, 2.45) is 5.92 Å². The normalized spacial score (nSPS) is 13.4. The van der Waals surface area contributed by atoms with Crippen LogP contribution in [0.3, 0.4) is 0 Å². The third-order valence-corrected chi connectivity index (χ3v) is 4.34. The molecule has 3 rings (SSSR count). The van der Waals surface area contributed by atoms with Crippen LogP contribution in [0.2, 0.25) is 6.32 Å². The first kappa shape index (κ1) is 14.3. The summed E-state index contributed by atoms with van der Waals surface area (Å²) in [5.41, 5.74) is 2.54. The fourth-order valence-electron chi connectivity index (χ4n) is 3.22. The second kappa shape index (κ2) is 6.42. The van der Waals surface area contributed by atoms with Gasteiger partial charge < -0.3 is 10.5 Å². The van der Waals surface area contributed by atoms with Crippen molar-refractivity contribution in [1.29, 1.82) is 0 Å². The lowest BCUT2D eigenvalue weighted by atomic mass is 9.68. The summed E-state index contributed by atoms with van der Waals surface area (Å²) in [5, 5.41) is 9.94. The Morgan fingerprint density at radius 3 is 2.19 bits per heavy atom. The van der Waals surface area contributed by atoms with Crippen LogP contribution >= 0.6 is 0 Å². The van der Waals surface area contributed by atoms with Crippen molar-refractivity contribution in [2.75, 3.05) is 10.5 Å². The third-order valence-electron chi connectivity index (χ3n) is 4.34. The zero-order valence-corrected chi connectivity index (χ0v) is 13.2. The molecule has 3 heteroatoms. The minimum absolute atomic E-state index is 0.365. The molecule has 0 saturated carbocycles. The highest BCUT2D eigenvalue weighted by atomic mass is 15.0. The lowest BCUT2D eigenvalue weighted by Crippen LogP contribution is -2.36. The average molecular weight is 280 g/mol. The highest BCUT2D eigenvalue weighted by molar-refractivity contribution is 6.67. The van der Waals surface area contributed by atoms with Crippen LogP contribution in [0.5, 0.6) is 0 Å². The van der Waals surface area contributed by atoms with Crippen LogP contribution in [0.4, 0.5) is 11.4 Å². The molecule has 0 aliphatic carbocycles. The predicted octanol–water partition coefficient (Wildman–Crippen LogP) is 5.38. The maximum atomic E-state index is 3.65. The second-order valence-electron chi connectivity index (χ2n) is 6.58. The third kappa shape index (κ3) is 3.34. The minimum Gasteiger partial charge on any atom is -0.409 e. The molecule has 0 aromatic heterocycles. The molecule has 0 atom stereocenters. The Morgan fingerprint density at radius 1 is 0.905 bits per heavy atom. The zero-order chi connectivity index (χ0) is 14.7. The molecule has 0 bridgehead atoms. The van der Waals surface area contributed by atoms with E-state index in [1.165, 1.54) is 54.2 Å². The molecular formula is C18H25BN2. The van der Waals surface area contributed by atoms with Gasteiger partial charge in [0.25, 0.3) is 0 Å². The van der Waals surface area contributed by atoms with Crippen molar-refractivity contribution in [1.82, 2.24) is 0 Å². The van der Waals surface area contributed by atoms with E-state index in [1.807, 2.05) is 0 Å². The van der Waals surface area contributed by atoms with Gasteiger partial charge in [0, 0.05) is 16.8 Å². The zero-order valence-electron chi connectivity index (χ0n) is 13.2. The molecule has 110 valence electrons. The van der Waals surface area contributed by atoms with E-state index in [-0.39, 0.29) is 0 Å². The Morgan fingerprint density at radius 2 is 1.57 bits per heavy atom. The molecule has 0 spiro atoms. The van der Waals surface area contributed by atoms with Crippen LogP contribution in [0, 0.1) is 5.92 Å². The molecule has 0 saturated heterocycles. The van der Waals surface area contributed by atoms with Gasteiger partial charge in [0.2, 0.25) is 0 Å². The standard InChI is InChI=1S/C18H25BN2/c1-14(2)8-4-3-5-13-19-20-16-11-6-9-15-10-7-12-17(21-19)18(15)16/h6-7,9-12,14,20-21H,3-5,8,13H2,1-2H3. The first-order valence-corrected chi connectivity index (χ1v) is 8.29. The first-order chi connectivity index (χ1) is 10.2. The molecule has 2 nitrogen and oxygen atoms in total. The number of hydrogen-bond donors (Lipinski definition) is 2. The Hall–Kier alpha value is -1.64. The molecule has 2 N–H and O–H groups in total. The van der Waals surface area contributed by atoms with Crippen molar-refractivity contribution in [3.8, 4) is 0 Å². The summed E-state index contributed by atoms with van der Waals surface area (Å²) < 4.78 is 0. The smallest absolute Gasteiger partial charge is 0.370 e. The monoisotopic (exact) mass is 280 g/mol. The van der Waals surface area contributed by atoms with E-state index in [1.54, 1.807) is 0 Å². The molecular weight excluding hydrogens is 255 g/mol. The summed E-state index contributed by atoms with van der Waals surface area (Å²) in [6.45, 7) is 4.98. The van der Waals surface area contributed by atoms with Crippen molar-refractivity contribution in [3.05, 3.63) is 36.4 Å². The van der Waals surface area contributed by atoms with Crippen LogP contribution in [0.1, 0.15) is 39.5 Å². The second-order valence-corrected chi connectivity index (χ2v) is 6.58. The van der Waals surface area contributed by atoms with E-state index >= 15 is 0 Å². The highest BCUT2D eigenvalue weighted by Crippen LogP contribution is 2.34. The summed E-state index contributed by atoms with van der Waals surface area (Å²) in [6, 6.07) is 13.0.